The van der Waals surface area contributed by atoms with Crippen LogP contribution in [0.1, 0.15) is 42.5 Å². The van der Waals surface area contributed by atoms with Crippen LogP contribution in [-0.2, 0) is 14.3 Å². The standard InChI is InChI=1S/C21H27N3O4S/c25-18-20(24-8-2-1-3-9-24)29-17-5-4-15(14-16(17)22-18)19(26)23-10-6-21(7-11-23)27-12-13-28-21/h4-5,14,20H,1-3,6-13H2,(H,22,25). The van der Waals surface area contributed by atoms with Gasteiger partial charge in [-0.2, -0.15) is 0 Å². The lowest BCUT2D eigenvalue weighted by molar-refractivity contribution is -0.181. The summed E-state index contributed by atoms with van der Waals surface area (Å²) in [4.78, 5) is 30.8. The van der Waals surface area contributed by atoms with Crippen molar-refractivity contribution in [2.45, 2.75) is 48.2 Å². The predicted octanol–water partition coefficient (Wildman–Crippen LogP) is 2.52. The molecule has 1 unspecified atom stereocenters. The van der Waals surface area contributed by atoms with E-state index in [1.54, 1.807) is 11.8 Å². The van der Waals surface area contributed by atoms with E-state index >= 15 is 0 Å². The number of hydrogen-bond donors (Lipinski definition) is 1. The molecule has 1 aromatic carbocycles. The summed E-state index contributed by atoms with van der Waals surface area (Å²) in [5.74, 6) is -0.469. The van der Waals surface area contributed by atoms with Gasteiger partial charge in [0, 0.05) is 36.4 Å². The van der Waals surface area contributed by atoms with Gasteiger partial charge in [-0.1, -0.05) is 18.2 Å². The van der Waals surface area contributed by atoms with Crippen LogP contribution < -0.4 is 5.32 Å². The summed E-state index contributed by atoms with van der Waals surface area (Å²) in [5.41, 5.74) is 1.36. The average Bonchev–Trinajstić information content (AvgIpc) is 3.21. The minimum absolute atomic E-state index is 0.00181. The number of benzene rings is 1. The topological polar surface area (TPSA) is 71.1 Å². The van der Waals surface area contributed by atoms with Gasteiger partial charge in [-0.05, 0) is 44.1 Å². The van der Waals surface area contributed by atoms with Gasteiger partial charge in [0.05, 0.1) is 18.9 Å². The zero-order chi connectivity index (χ0) is 19.8. The number of nitrogens with zero attached hydrogens (tertiary/aromatic N) is 2. The van der Waals surface area contributed by atoms with Gasteiger partial charge in [-0.25, -0.2) is 0 Å². The van der Waals surface area contributed by atoms with E-state index in [0.29, 0.717) is 44.7 Å². The highest BCUT2D eigenvalue weighted by Gasteiger charge is 2.41. The van der Waals surface area contributed by atoms with Crippen LogP contribution in [0, 0.1) is 0 Å². The summed E-state index contributed by atoms with van der Waals surface area (Å²) >= 11 is 1.60. The summed E-state index contributed by atoms with van der Waals surface area (Å²) in [7, 11) is 0. The molecule has 5 rings (SSSR count). The number of anilines is 1. The number of ether oxygens (including phenoxy) is 2. The van der Waals surface area contributed by atoms with Crippen LogP contribution in [0.2, 0.25) is 0 Å². The van der Waals surface area contributed by atoms with E-state index in [1.165, 1.54) is 6.42 Å². The van der Waals surface area contributed by atoms with Crippen LogP contribution in [0.25, 0.3) is 0 Å². The Morgan fingerprint density at radius 3 is 2.52 bits per heavy atom. The normalized spacial score (nSPS) is 27.0. The summed E-state index contributed by atoms with van der Waals surface area (Å²) < 4.78 is 11.5. The number of piperidine rings is 2. The fourth-order valence-corrected chi connectivity index (χ4v) is 5.79. The van der Waals surface area contributed by atoms with Crippen molar-refractivity contribution >= 4 is 29.3 Å². The van der Waals surface area contributed by atoms with E-state index in [4.69, 9.17) is 9.47 Å². The van der Waals surface area contributed by atoms with E-state index in [1.807, 2.05) is 23.1 Å². The Kier molecular flexibility index (Phi) is 5.28. The minimum Gasteiger partial charge on any atom is -0.347 e. The number of nitrogens with one attached hydrogen (secondary N) is 1. The Hall–Kier alpha value is -1.61. The van der Waals surface area contributed by atoms with Crippen molar-refractivity contribution in [2.75, 3.05) is 44.7 Å². The van der Waals surface area contributed by atoms with Crippen LogP contribution >= 0.6 is 11.8 Å². The van der Waals surface area contributed by atoms with E-state index in [2.05, 4.69) is 10.2 Å². The van der Waals surface area contributed by atoms with Crippen LogP contribution in [0.3, 0.4) is 0 Å². The second kappa shape index (κ2) is 7.91. The predicted molar refractivity (Wildman–Crippen MR) is 110 cm³/mol. The maximum Gasteiger partial charge on any atom is 0.253 e. The number of likely N-dealkylation sites (tertiary alicyclic amines) is 2. The third-order valence-electron chi connectivity index (χ3n) is 6.30. The van der Waals surface area contributed by atoms with E-state index in [9.17, 15) is 9.59 Å². The van der Waals surface area contributed by atoms with Crippen molar-refractivity contribution in [1.82, 2.24) is 9.80 Å². The second-order valence-corrected chi connectivity index (χ2v) is 9.29. The van der Waals surface area contributed by atoms with Crippen LogP contribution in [0.15, 0.2) is 23.1 Å². The average molecular weight is 418 g/mol. The molecule has 4 heterocycles. The van der Waals surface area contributed by atoms with Crippen molar-refractivity contribution < 1.29 is 19.1 Å². The number of hydrogen-bond acceptors (Lipinski definition) is 6. The molecular weight excluding hydrogens is 390 g/mol. The van der Waals surface area contributed by atoms with E-state index in [0.717, 1.165) is 36.5 Å². The quantitative estimate of drug-likeness (QED) is 0.797. The number of rotatable bonds is 2. The molecule has 4 aliphatic heterocycles. The van der Waals surface area contributed by atoms with Gasteiger partial charge in [-0.3, -0.25) is 14.5 Å². The van der Waals surface area contributed by atoms with Gasteiger partial charge >= 0.3 is 0 Å². The van der Waals surface area contributed by atoms with Crippen LogP contribution in [-0.4, -0.2) is 72.2 Å². The molecular formula is C21H27N3O4S. The van der Waals surface area contributed by atoms with Crippen molar-refractivity contribution in [2.24, 2.45) is 0 Å². The lowest BCUT2D eigenvalue weighted by Crippen LogP contribution is -2.47. The molecule has 156 valence electrons. The third kappa shape index (κ3) is 3.79. The van der Waals surface area contributed by atoms with Crippen molar-refractivity contribution in [1.29, 1.82) is 0 Å². The molecule has 0 bridgehead atoms. The first-order valence-electron chi connectivity index (χ1n) is 10.6. The Morgan fingerprint density at radius 1 is 1.07 bits per heavy atom. The van der Waals surface area contributed by atoms with Gasteiger partial charge in [0.25, 0.3) is 11.8 Å². The first-order valence-corrected chi connectivity index (χ1v) is 11.4. The Bertz CT molecular complexity index is 795. The molecule has 2 amide bonds. The van der Waals surface area contributed by atoms with Gasteiger partial charge in [0.1, 0.15) is 5.37 Å². The van der Waals surface area contributed by atoms with Gasteiger partial charge in [0.2, 0.25) is 0 Å². The van der Waals surface area contributed by atoms with Gasteiger partial charge in [-0.15, -0.1) is 0 Å². The fraction of sp³-hybridized carbons (Fsp3) is 0.619. The van der Waals surface area contributed by atoms with Crippen molar-refractivity contribution in [3.05, 3.63) is 23.8 Å². The van der Waals surface area contributed by atoms with E-state index in [-0.39, 0.29) is 17.2 Å². The number of fused-ring (bicyclic) bond motifs is 1. The number of amides is 2. The minimum atomic E-state index is -0.485. The number of carbonyl (C=O) groups excluding carboxylic acids is 2. The lowest BCUT2D eigenvalue weighted by Gasteiger charge is -2.38. The maximum atomic E-state index is 13.0. The molecule has 0 aromatic heterocycles. The fourth-order valence-electron chi connectivity index (χ4n) is 4.64. The first-order chi connectivity index (χ1) is 14.1. The summed E-state index contributed by atoms with van der Waals surface area (Å²) in [6.45, 7) is 4.45. The summed E-state index contributed by atoms with van der Waals surface area (Å²) in [5, 5.41) is 2.86. The number of carbonyl (C=O) groups is 2. The van der Waals surface area contributed by atoms with Crippen molar-refractivity contribution in [3.8, 4) is 0 Å². The highest BCUT2D eigenvalue weighted by atomic mass is 32.2. The molecule has 0 radical (unpaired) electrons. The maximum absolute atomic E-state index is 13.0. The van der Waals surface area contributed by atoms with Crippen molar-refractivity contribution in [3.63, 3.8) is 0 Å². The monoisotopic (exact) mass is 417 g/mol. The molecule has 1 spiro atoms. The van der Waals surface area contributed by atoms with E-state index < -0.39 is 5.79 Å². The molecule has 7 nitrogen and oxygen atoms in total. The molecule has 0 aliphatic carbocycles. The third-order valence-corrected chi connectivity index (χ3v) is 7.64. The Labute approximate surface area is 175 Å². The first kappa shape index (κ1) is 19.4. The molecule has 29 heavy (non-hydrogen) atoms. The zero-order valence-corrected chi connectivity index (χ0v) is 17.3. The molecule has 3 saturated heterocycles. The lowest BCUT2D eigenvalue weighted by atomic mass is 10.0. The Balaban J connectivity index is 1.27. The molecule has 8 heteroatoms. The summed E-state index contributed by atoms with van der Waals surface area (Å²) in [6.07, 6.45) is 4.95. The number of thioether (sulfide) groups is 1. The van der Waals surface area contributed by atoms with Crippen LogP contribution in [0.4, 0.5) is 5.69 Å². The SMILES string of the molecule is O=C1Nc2cc(C(=O)N3CCC4(CC3)OCCO4)ccc2SC1N1CCCCC1. The molecule has 1 atom stereocenters. The second-order valence-electron chi connectivity index (χ2n) is 8.17. The molecule has 1 aromatic rings. The highest BCUT2D eigenvalue weighted by Crippen LogP contribution is 2.39. The molecule has 1 N–H and O–H groups in total. The highest BCUT2D eigenvalue weighted by molar-refractivity contribution is 8.00. The van der Waals surface area contributed by atoms with Crippen LogP contribution in [0.5, 0.6) is 0 Å². The summed E-state index contributed by atoms with van der Waals surface area (Å²) in [6, 6.07) is 5.67. The zero-order valence-electron chi connectivity index (χ0n) is 16.5. The Morgan fingerprint density at radius 2 is 1.79 bits per heavy atom. The molecule has 0 saturated carbocycles. The molecule has 3 fully saturated rings. The largest absolute Gasteiger partial charge is 0.347 e. The smallest absolute Gasteiger partial charge is 0.253 e. The van der Waals surface area contributed by atoms with Gasteiger partial charge < -0.3 is 19.7 Å². The molecule has 4 aliphatic rings. The van der Waals surface area contributed by atoms with Gasteiger partial charge in [0.15, 0.2) is 5.79 Å².